The van der Waals surface area contributed by atoms with Gasteiger partial charge in [0.05, 0.1) is 19.7 Å². The Balaban J connectivity index is 2.00. The van der Waals surface area contributed by atoms with Gasteiger partial charge in [-0.1, -0.05) is 13.8 Å². The molecule has 1 aliphatic rings. The summed E-state index contributed by atoms with van der Waals surface area (Å²) >= 11 is 0. The van der Waals surface area contributed by atoms with Crippen LogP contribution in [0.2, 0.25) is 0 Å². The van der Waals surface area contributed by atoms with Crippen molar-refractivity contribution in [3.8, 4) is 11.5 Å². The van der Waals surface area contributed by atoms with Gasteiger partial charge in [-0.2, -0.15) is 0 Å². The van der Waals surface area contributed by atoms with E-state index in [0.29, 0.717) is 6.04 Å². The molecule has 0 aliphatic heterocycles. The van der Waals surface area contributed by atoms with Gasteiger partial charge in [0.15, 0.2) is 11.5 Å². The number of fused-ring (bicyclic) bond motifs is 2. The summed E-state index contributed by atoms with van der Waals surface area (Å²) in [7, 11) is 3.33. The van der Waals surface area contributed by atoms with Gasteiger partial charge in [-0.15, -0.1) is 0 Å². The number of pyridine rings is 1. The van der Waals surface area contributed by atoms with Crippen molar-refractivity contribution in [3.05, 3.63) is 23.4 Å². The van der Waals surface area contributed by atoms with E-state index in [-0.39, 0.29) is 0 Å². The third-order valence-corrected chi connectivity index (χ3v) is 4.50. The molecule has 24 heavy (non-hydrogen) atoms. The van der Waals surface area contributed by atoms with Crippen LogP contribution < -0.4 is 20.1 Å². The number of hydrogen-bond donors (Lipinski definition) is 2. The smallest absolute Gasteiger partial charge is 0.162 e. The predicted octanol–water partition coefficient (Wildman–Crippen LogP) is 3.15. The fraction of sp³-hybridized carbons (Fsp3) is 0.526. The second-order valence-corrected chi connectivity index (χ2v) is 6.53. The molecule has 0 radical (unpaired) electrons. The average Bonchev–Trinajstić information content (AvgIpc) is 3.04. The van der Waals surface area contributed by atoms with Crippen LogP contribution in [-0.2, 0) is 12.8 Å². The van der Waals surface area contributed by atoms with Crippen LogP contribution in [0.3, 0.4) is 0 Å². The number of benzene rings is 1. The van der Waals surface area contributed by atoms with Gasteiger partial charge in [-0.05, 0) is 30.9 Å². The molecular weight excluding hydrogens is 302 g/mol. The first kappa shape index (κ1) is 16.8. The van der Waals surface area contributed by atoms with Gasteiger partial charge in [0.2, 0.25) is 0 Å². The van der Waals surface area contributed by atoms with Crippen LogP contribution in [-0.4, -0.2) is 38.3 Å². The quantitative estimate of drug-likeness (QED) is 0.764. The molecule has 2 aromatic rings. The van der Waals surface area contributed by atoms with E-state index in [2.05, 4.69) is 24.5 Å². The summed E-state index contributed by atoms with van der Waals surface area (Å²) in [5, 5.41) is 8.19. The zero-order chi connectivity index (χ0) is 17.1. The molecule has 0 spiro atoms. The standard InChI is InChI=1S/C19H27N3O2/c1-12(2)20-8-9-21-19-13-6-5-7-15(13)22-16-11-18(24-4)17(23-3)10-14(16)19/h10-12,20H,5-9H2,1-4H3,(H,21,22). The fourth-order valence-corrected chi connectivity index (χ4v) is 3.34. The molecule has 1 aliphatic carbocycles. The highest BCUT2D eigenvalue weighted by molar-refractivity contribution is 5.96. The first-order valence-corrected chi connectivity index (χ1v) is 8.68. The van der Waals surface area contributed by atoms with Crippen LogP contribution in [0.1, 0.15) is 31.5 Å². The average molecular weight is 329 g/mol. The number of aryl methyl sites for hydroxylation is 1. The van der Waals surface area contributed by atoms with Gasteiger partial charge >= 0.3 is 0 Å². The van der Waals surface area contributed by atoms with Crippen molar-refractivity contribution >= 4 is 16.6 Å². The number of nitrogens with zero attached hydrogens (tertiary/aromatic N) is 1. The van der Waals surface area contributed by atoms with Crippen molar-refractivity contribution in [2.45, 2.75) is 39.2 Å². The van der Waals surface area contributed by atoms with Gasteiger partial charge < -0.3 is 20.1 Å². The van der Waals surface area contributed by atoms with E-state index in [4.69, 9.17) is 14.5 Å². The number of rotatable bonds is 7. The van der Waals surface area contributed by atoms with Gasteiger partial charge in [0, 0.05) is 42.0 Å². The lowest BCUT2D eigenvalue weighted by Crippen LogP contribution is -2.28. The van der Waals surface area contributed by atoms with Gasteiger partial charge in [-0.3, -0.25) is 4.98 Å². The molecule has 0 saturated carbocycles. The number of aromatic nitrogens is 1. The minimum Gasteiger partial charge on any atom is -0.493 e. The molecule has 0 amide bonds. The molecule has 5 heteroatoms. The summed E-state index contributed by atoms with van der Waals surface area (Å²) in [6.45, 7) is 6.15. The van der Waals surface area contributed by atoms with Gasteiger partial charge in [0.25, 0.3) is 0 Å². The molecule has 0 atom stereocenters. The minimum atomic E-state index is 0.496. The summed E-state index contributed by atoms with van der Waals surface area (Å²) in [5.74, 6) is 1.47. The maximum Gasteiger partial charge on any atom is 0.162 e. The lowest BCUT2D eigenvalue weighted by molar-refractivity contribution is 0.356. The molecule has 130 valence electrons. The molecule has 1 heterocycles. The second-order valence-electron chi connectivity index (χ2n) is 6.53. The van der Waals surface area contributed by atoms with Crippen molar-refractivity contribution in [2.75, 3.05) is 32.6 Å². The number of hydrogen-bond acceptors (Lipinski definition) is 5. The molecule has 5 nitrogen and oxygen atoms in total. The minimum absolute atomic E-state index is 0.496. The normalized spacial score (nSPS) is 13.4. The number of ether oxygens (including phenoxy) is 2. The van der Waals surface area contributed by atoms with E-state index < -0.39 is 0 Å². The Kier molecular flexibility index (Phi) is 5.09. The van der Waals surface area contributed by atoms with Gasteiger partial charge in [0.1, 0.15) is 0 Å². The Morgan fingerprint density at radius 1 is 1.08 bits per heavy atom. The summed E-state index contributed by atoms with van der Waals surface area (Å²) in [4.78, 5) is 4.87. The summed E-state index contributed by atoms with van der Waals surface area (Å²) < 4.78 is 10.9. The Bertz CT molecular complexity index is 728. The molecule has 0 saturated heterocycles. The predicted molar refractivity (Wildman–Crippen MR) is 98.5 cm³/mol. The maximum absolute atomic E-state index is 5.48. The first-order chi connectivity index (χ1) is 11.6. The van der Waals surface area contributed by atoms with Crippen LogP contribution >= 0.6 is 0 Å². The van der Waals surface area contributed by atoms with Crippen LogP contribution in [0.4, 0.5) is 5.69 Å². The molecule has 2 N–H and O–H groups in total. The molecule has 0 unspecified atom stereocenters. The van der Waals surface area contributed by atoms with Crippen LogP contribution in [0.15, 0.2) is 12.1 Å². The highest BCUT2D eigenvalue weighted by atomic mass is 16.5. The van der Waals surface area contributed by atoms with E-state index in [0.717, 1.165) is 48.3 Å². The maximum atomic E-state index is 5.48. The molecule has 0 bridgehead atoms. The topological polar surface area (TPSA) is 55.4 Å². The van der Waals surface area contributed by atoms with E-state index in [9.17, 15) is 0 Å². The molecule has 0 fully saturated rings. The largest absolute Gasteiger partial charge is 0.493 e. The van der Waals surface area contributed by atoms with E-state index in [1.807, 2.05) is 12.1 Å². The zero-order valence-electron chi connectivity index (χ0n) is 15.0. The monoisotopic (exact) mass is 329 g/mol. The van der Waals surface area contributed by atoms with Crippen LogP contribution in [0.5, 0.6) is 11.5 Å². The van der Waals surface area contributed by atoms with E-state index in [1.54, 1.807) is 14.2 Å². The Hall–Kier alpha value is -2.01. The Morgan fingerprint density at radius 2 is 1.83 bits per heavy atom. The molecule has 3 rings (SSSR count). The number of nitrogens with one attached hydrogen (secondary N) is 2. The first-order valence-electron chi connectivity index (χ1n) is 8.68. The molecule has 1 aromatic heterocycles. The summed E-state index contributed by atoms with van der Waals surface area (Å²) in [6.07, 6.45) is 3.32. The SMILES string of the molecule is COc1cc2nc3c(c(NCCNC(C)C)c2cc1OC)CCC3. The lowest BCUT2D eigenvalue weighted by Gasteiger charge is -2.17. The number of anilines is 1. The van der Waals surface area contributed by atoms with Crippen LogP contribution in [0, 0.1) is 0 Å². The fourth-order valence-electron chi connectivity index (χ4n) is 3.34. The Labute approximate surface area is 143 Å². The highest BCUT2D eigenvalue weighted by Crippen LogP contribution is 2.39. The molecular formula is C19H27N3O2. The van der Waals surface area contributed by atoms with Gasteiger partial charge in [-0.25, -0.2) is 0 Å². The highest BCUT2D eigenvalue weighted by Gasteiger charge is 2.21. The second kappa shape index (κ2) is 7.26. The Morgan fingerprint density at radius 3 is 2.54 bits per heavy atom. The van der Waals surface area contributed by atoms with E-state index >= 15 is 0 Å². The third-order valence-electron chi connectivity index (χ3n) is 4.50. The summed E-state index contributed by atoms with van der Waals surface area (Å²) in [6, 6.07) is 4.51. The van der Waals surface area contributed by atoms with Crippen LogP contribution in [0.25, 0.3) is 10.9 Å². The van der Waals surface area contributed by atoms with Crippen molar-refractivity contribution in [1.29, 1.82) is 0 Å². The van der Waals surface area contributed by atoms with Crippen molar-refractivity contribution < 1.29 is 9.47 Å². The third kappa shape index (κ3) is 3.26. The summed E-state index contributed by atoms with van der Waals surface area (Å²) in [5.41, 5.74) is 4.75. The van der Waals surface area contributed by atoms with Crippen molar-refractivity contribution in [1.82, 2.24) is 10.3 Å². The van der Waals surface area contributed by atoms with Crippen molar-refractivity contribution in [3.63, 3.8) is 0 Å². The van der Waals surface area contributed by atoms with Crippen molar-refractivity contribution in [2.24, 2.45) is 0 Å². The lowest BCUT2D eigenvalue weighted by atomic mass is 10.1. The molecule has 1 aromatic carbocycles. The number of methoxy groups -OCH3 is 2. The van der Waals surface area contributed by atoms with E-state index in [1.165, 1.54) is 23.4 Å². The zero-order valence-corrected chi connectivity index (χ0v) is 15.0.